The highest BCUT2D eigenvalue weighted by Crippen LogP contribution is 2.20. The van der Waals surface area contributed by atoms with Crippen molar-refractivity contribution in [2.75, 3.05) is 0 Å². The van der Waals surface area contributed by atoms with Gasteiger partial charge in [0.1, 0.15) is 0 Å². The maximum absolute atomic E-state index is 10.2. The molecule has 0 spiro atoms. The molecule has 2 rings (SSSR count). The van der Waals surface area contributed by atoms with Gasteiger partial charge < -0.3 is 0 Å². The van der Waals surface area contributed by atoms with E-state index in [-0.39, 0.29) is 11.5 Å². The highest BCUT2D eigenvalue weighted by Gasteiger charge is 1.92. The third-order valence-corrected chi connectivity index (χ3v) is 2.16. The van der Waals surface area contributed by atoms with Gasteiger partial charge in [-0.2, -0.15) is 8.57 Å². The molecule has 0 saturated heterocycles. The summed E-state index contributed by atoms with van der Waals surface area (Å²) < 4.78 is 13.9. The third-order valence-electron chi connectivity index (χ3n) is 1.88. The van der Waals surface area contributed by atoms with Gasteiger partial charge in [0.2, 0.25) is 11.5 Å². The van der Waals surface area contributed by atoms with Gasteiger partial charge >= 0.3 is 0 Å². The van der Waals surface area contributed by atoms with Crippen molar-refractivity contribution in [2.24, 2.45) is 4.36 Å². The van der Waals surface area contributed by atoms with Crippen molar-refractivity contribution in [3.05, 3.63) is 42.5 Å². The van der Waals surface area contributed by atoms with E-state index in [0.29, 0.717) is 0 Å². The SMILES string of the molecule is O=S=Nc1ccc2ccccc2c1. The van der Waals surface area contributed by atoms with Crippen molar-refractivity contribution < 1.29 is 4.21 Å². The van der Waals surface area contributed by atoms with Crippen LogP contribution in [0.2, 0.25) is 0 Å². The van der Waals surface area contributed by atoms with Crippen LogP contribution >= 0.6 is 0 Å². The number of benzene rings is 2. The molecule has 2 aromatic carbocycles. The van der Waals surface area contributed by atoms with Crippen LogP contribution in [0.5, 0.6) is 0 Å². The van der Waals surface area contributed by atoms with E-state index < -0.39 is 0 Å². The molecule has 0 unspecified atom stereocenters. The van der Waals surface area contributed by atoms with Crippen molar-refractivity contribution in [1.29, 1.82) is 0 Å². The molecular formula is C10H7NOS. The Bertz CT molecular complexity index is 489. The topological polar surface area (TPSA) is 29.4 Å². The van der Waals surface area contributed by atoms with Crippen LogP contribution in [0.15, 0.2) is 46.8 Å². The molecule has 3 heteroatoms. The van der Waals surface area contributed by atoms with Crippen LogP contribution in [0.4, 0.5) is 5.69 Å². The van der Waals surface area contributed by atoms with Crippen molar-refractivity contribution >= 4 is 27.9 Å². The highest BCUT2D eigenvalue weighted by molar-refractivity contribution is 7.54. The fourth-order valence-electron chi connectivity index (χ4n) is 1.28. The van der Waals surface area contributed by atoms with Gasteiger partial charge in [-0.15, -0.1) is 0 Å². The second-order valence-corrected chi connectivity index (χ2v) is 3.03. The van der Waals surface area contributed by atoms with Gasteiger partial charge in [-0.1, -0.05) is 30.3 Å². The summed E-state index contributed by atoms with van der Waals surface area (Å²) in [4.78, 5) is 0. The quantitative estimate of drug-likeness (QED) is 0.678. The Balaban J connectivity index is 2.68. The van der Waals surface area contributed by atoms with Gasteiger partial charge in [-0.25, -0.2) is 0 Å². The third kappa shape index (κ3) is 1.65. The lowest BCUT2D eigenvalue weighted by atomic mass is 10.1. The van der Waals surface area contributed by atoms with Gasteiger partial charge in [0.25, 0.3) is 0 Å². The Hall–Kier alpha value is -1.48. The maximum Gasteiger partial charge on any atom is 0.205 e. The lowest BCUT2D eigenvalue weighted by molar-refractivity contribution is 0.698. The minimum atomic E-state index is 0.238. The zero-order valence-corrected chi connectivity index (χ0v) is 7.62. The molecule has 0 aromatic heterocycles. The summed E-state index contributed by atoms with van der Waals surface area (Å²) in [5.41, 5.74) is 0.721. The normalized spacial score (nSPS) is 9.85. The van der Waals surface area contributed by atoms with Crippen LogP contribution in [0.25, 0.3) is 10.8 Å². The monoisotopic (exact) mass is 189 g/mol. The van der Waals surface area contributed by atoms with Crippen LogP contribution in [0.3, 0.4) is 0 Å². The summed E-state index contributed by atoms with van der Waals surface area (Å²) in [5, 5.41) is 2.27. The van der Waals surface area contributed by atoms with Crippen LogP contribution in [-0.2, 0) is 11.5 Å². The number of hydrogen-bond donors (Lipinski definition) is 0. The lowest BCUT2D eigenvalue weighted by Crippen LogP contribution is -1.70. The first-order valence-corrected chi connectivity index (χ1v) is 4.59. The zero-order valence-electron chi connectivity index (χ0n) is 6.81. The van der Waals surface area contributed by atoms with Gasteiger partial charge in [0.05, 0.1) is 5.69 Å². The molecule has 0 atom stereocenters. The minimum absolute atomic E-state index is 0.238. The Morgan fingerprint density at radius 2 is 1.77 bits per heavy atom. The molecule has 2 aromatic rings. The first-order valence-electron chi connectivity index (χ1n) is 3.89. The number of nitrogens with zero attached hydrogens (tertiary/aromatic N) is 1. The summed E-state index contributed by atoms with van der Waals surface area (Å²) >= 11 is 0.238. The average molecular weight is 189 g/mol. The first-order chi connectivity index (χ1) is 6.40. The fourth-order valence-corrected chi connectivity index (χ4v) is 1.48. The van der Waals surface area contributed by atoms with Gasteiger partial charge in [-0.3, -0.25) is 0 Å². The smallest absolute Gasteiger partial charge is 0.191 e. The Morgan fingerprint density at radius 3 is 2.54 bits per heavy atom. The van der Waals surface area contributed by atoms with E-state index in [2.05, 4.69) is 4.36 Å². The second kappa shape index (κ2) is 3.49. The largest absolute Gasteiger partial charge is 0.205 e. The van der Waals surface area contributed by atoms with Crippen molar-refractivity contribution in [3.63, 3.8) is 0 Å². The van der Waals surface area contributed by atoms with E-state index in [1.165, 1.54) is 0 Å². The fraction of sp³-hybridized carbons (Fsp3) is 0. The average Bonchev–Trinajstić information content (AvgIpc) is 2.18. The summed E-state index contributed by atoms with van der Waals surface area (Å²) in [6.07, 6.45) is 0. The number of fused-ring (bicyclic) bond motifs is 1. The summed E-state index contributed by atoms with van der Waals surface area (Å²) in [5.74, 6) is 0. The van der Waals surface area contributed by atoms with E-state index >= 15 is 0 Å². The van der Waals surface area contributed by atoms with E-state index in [1.807, 2.05) is 42.5 Å². The molecular weight excluding hydrogens is 182 g/mol. The van der Waals surface area contributed by atoms with Crippen LogP contribution < -0.4 is 0 Å². The summed E-state index contributed by atoms with van der Waals surface area (Å²) in [6, 6.07) is 13.7. The van der Waals surface area contributed by atoms with Crippen molar-refractivity contribution in [1.82, 2.24) is 0 Å². The van der Waals surface area contributed by atoms with Crippen LogP contribution in [0.1, 0.15) is 0 Å². The molecule has 0 fully saturated rings. The molecule has 64 valence electrons. The molecule has 0 heterocycles. The lowest BCUT2D eigenvalue weighted by Gasteiger charge is -1.96. The Kier molecular flexibility index (Phi) is 2.19. The van der Waals surface area contributed by atoms with E-state index in [1.54, 1.807) is 0 Å². The molecule has 13 heavy (non-hydrogen) atoms. The predicted octanol–water partition coefficient (Wildman–Crippen LogP) is 2.87. The van der Waals surface area contributed by atoms with Gasteiger partial charge in [0.15, 0.2) is 0 Å². The second-order valence-electron chi connectivity index (χ2n) is 2.70. The molecule has 0 aliphatic carbocycles. The predicted molar refractivity (Wildman–Crippen MR) is 54.2 cm³/mol. The Labute approximate surface area is 79.5 Å². The molecule has 0 amide bonds. The maximum atomic E-state index is 10.2. The molecule has 0 saturated carbocycles. The number of rotatable bonds is 1. The zero-order chi connectivity index (χ0) is 9.10. The highest BCUT2D eigenvalue weighted by atomic mass is 32.1. The molecule has 0 bridgehead atoms. The first kappa shape index (κ1) is 8.13. The van der Waals surface area contributed by atoms with E-state index in [9.17, 15) is 4.21 Å². The number of hydrogen-bond acceptors (Lipinski definition) is 2. The van der Waals surface area contributed by atoms with Crippen LogP contribution in [0, 0.1) is 0 Å². The molecule has 0 N–H and O–H groups in total. The minimum Gasteiger partial charge on any atom is -0.191 e. The van der Waals surface area contributed by atoms with Gasteiger partial charge in [-0.05, 0) is 22.9 Å². The molecule has 0 radical (unpaired) electrons. The Morgan fingerprint density at radius 1 is 1.00 bits per heavy atom. The van der Waals surface area contributed by atoms with E-state index in [4.69, 9.17) is 0 Å². The summed E-state index contributed by atoms with van der Waals surface area (Å²) in [6.45, 7) is 0. The van der Waals surface area contributed by atoms with E-state index in [0.717, 1.165) is 16.5 Å². The van der Waals surface area contributed by atoms with Crippen molar-refractivity contribution in [3.8, 4) is 0 Å². The van der Waals surface area contributed by atoms with Crippen molar-refractivity contribution in [2.45, 2.75) is 0 Å². The molecule has 2 nitrogen and oxygen atoms in total. The summed E-state index contributed by atoms with van der Waals surface area (Å²) in [7, 11) is 0. The standard InChI is InChI=1S/C10H7NOS/c12-13-11-10-6-5-8-3-1-2-4-9(8)7-10/h1-7H. The van der Waals surface area contributed by atoms with Gasteiger partial charge in [0, 0.05) is 0 Å². The molecule has 0 aliphatic heterocycles. The molecule has 0 aliphatic rings. The van der Waals surface area contributed by atoms with Crippen LogP contribution in [-0.4, -0.2) is 4.21 Å².